The molecule has 0 heterocycles. The SMILES string of the molecule is C/C=C\N(NC)C(=S)SC(C)C(=O)OCC. The standard InChI is InChI=1S/C10H18N2O2S2/c1-5-7-12(11-4)10(15)16-8(3)9(13)14-6-2/h5,7-8,11H,6H2,1-4H3/b7-5-. The van der Waals surface area contributed by atoms with Crippen molar-refractivity contribution in [1.82, 2.24) is 10.4 Å². The molecule has 16 heavy (non-hydrogen) atoms. The number of thiocarbonyl (C=S) groups is 1. The molecule has 1 unspecified atom stereocenters. The first kappa shape index (κ1) is 15.4. The Kier molecular flexibility index (Phi) is 8.23. The van der Waals surface area contributed by atoms with Crippen molar-refractivity contribution >= 4 is 34.3 Å². The predicted molar refractivity (Wildman–Crippen MR) is 72.0 cm³/mol. The molecule has 0 rings (SSSR count). The number of thioether (sulfide) groups is 1. The molecule has 0 aromatic carbocycles. The fourth-order valence-corrected chi connectivity index (χ4v) is 2.21. The normalized spacial score (nSPS) is 12.5. The first-order chi connectivity index (χ1) is 7.56. The van der Waals surface area contributed by atoms with E-state index in [0.717, 1.165) is 0 Å². The zero-order chi connectivity index (χ0) is 12.6. The van der Waals surface area contributed by atoms with Gasteiger partial charge in [0.25, 0.3) is 0 Å². The number of nitrogens with zero attached hydrogens (tertiary/aromatic N) is 1. The summed E-state index contributed by atoms with van der Waals surface area (Å²) >= 11 is 6.48. The summed E-state index contributed by atoms with van der Waals surface area (Å²) < 4.78 is 5.49. The number of carbonyl (C=O) groups is 1. The van der Waals surface area contributed by atoms with Gasteiger partial charge in [0.2, 0.25) is 0 Å². The first-order valence-electron chi connectivity index (χ1n) is 5.03. The molecule has 92 valence electrons. The van der Waals surface area contributed by atoms with Crippen molar-refractivity contribution in [2.75, 3.05) is 13.7 Å². The van der Waals surface area contributed by atoms with Crippen molar-refractivity contribution in [3.05, 3.63) is 12.3 Å². The summed E-state index contributed by atoms with van der Waals surface area (Å²) in [5, 5.41) is 1.38. The van der Waals surface area contributed by atoms with Crippen LogP contribution in [0.2, 0.25) is 0 Å². The van der Waals surface area contributed by atoms with Crippen molar-refractivity contribution < 1.29 is 9.53 Å². The largest absolute Gasteiger partial charge is 0.465 e. The Bertz CT molecular complexity index is 270. The van der Waals surface area contributed by atoms with E-state index in [4.69, 9.17) is 17.0 Å². The number of hydrazine groups is 1. The molecular weight excluding hydrogens is 244 g/mol. The van der Waals surface area contributed by atoms with Crippen LogP contribution in [-0.2, 0) is 9.53 Å². The van der Waals surface area contributed by atoms with Crippen LogP contribution in [-0.4, -0.2) is 34.2 Å². The van der Waals surface area contributed by atoms with E-state index in [1.807, 2.05) is 13.0 Å². The smallest absolute Gasteiger partial charge is 0.319 e. The highest BCUT2D eigenvalue weighted by Crippen LogP contribution is 2.16. The Morgan fingerprint density at radius 3 is 2.75 bits per heavy atom. The Morgan fingerprint density at radius 1 is 1.69 bits per heavy atom. The van der Waals surface area contributed by atoms with Crippen molar-refractivity contribution in [3.63, 3.8) is 0 Å². The summed E-state index contributed by atoms with van der Waals surface area (Å²) in [6, 6.07) is 0. The Labute approximate surface area is 106 Å². The summed E-state index contributed by atoms with van der Waals surface area (Å²) in [7, 11) is 1.77. The van der Waals surface area contributed by atoms with E-state index in [-0.39, 0.29) is 11.2 Å². The molecule has 0 aliphatic carbocycles. The molecule has 0 fully saturated rings. The van der Waals surface area contributed by atoms with Crippen molar-refractivity contribution in [2.24, 2.45) is 0 Å². The summed E-state index contributed by atoms with van der Waals surface area (Å²) in [6.45, 7) is 5.85. The van der Waals surface area contributed by atoms with E-state index in [1.165, 1.54) is 11.8 Å². The number of hydrogen-bond acceptors (Lipinski definition) is 5. The third-order valence-electron chi connectivity index (χ3n) is 1.63. The van der Waals surface area contributed by atoms with Gasteiger partial charge in [-0.2, -0.15) is 0 Å². The molecule has 0 saturated carbocycles. The van der Waals surface area contributed by atoms with Gasteiger partial charge in [0.1, 0.15) is 5.25 Å². The number of esters is 1. The fourth-order valence-electron chi connectivity index (χ4n) is 0.891. The van der Waals surface area contributed by atoms with Crippen molar-refractivity contribution in [2.45, 2.75) is 26.0 Å². The number of hydrogen-bond donors (Lipinski definition) is 1. The molecule has 0 aliphatic heterocycles. The molecule has 4 nitrogen and oxygen atoms in total. The highest BCUT2D eigenvalue weighted by atomic mass is 32.2. The van der Waals surface area contributed by atoms with Crippen LogP contribution in [0.1, 0.15) is 20.8 Å². The Hall–Kier alpha value is -0.590. The molecule has 1 atom stereocenters. The lowest BCUT2D eigenvalue weighted by molar-refractivity contribution is -0.142. The maximum absolute atomic E-state index is 11.4. The second-order valence-corrected chi connectivity index (χ2v) is 4.83. The monoisotopic (exact) mass is 262 g/mol. The highest BCUT2D eigenvalue weighted by Gasteiger charge is 2.18. The van der Waals surface area contributed by atoms with Crippen molar-refractivity contribution in [3.8, 4) is 0 Å². The number of ether oxygens (including phenoxy) is 1. The molecule has 0 radical (unpaired) electrons. The van der Waals surface area contributed by atoms with Gasteiger partial charge in [0, 0.05) is 13.2 Å². The van der Waals surface area contributed by atoms with Crippen molar-refractivity contribution in [1.29, 1.82) is 0 Å². The summed E-state index contributed by atoms with van der Waals surface area (Å²) in [4.78, 5) is 11.4. The summed E-state index contributed by atoms with van der Waals surface area (Å²) in [5.41, 5.74) is 2.91. The molecule has 0 amide bonds. The van der Waals surface area contributed by atoms with Crippen LogP contribution >= 0.6 is 24.0 Å². The van der Waals surface area contributed by atoms with Crippen LogP contribution in [0.3, 0.4) is 0 Å². The lowest BCUT2D eigenvalue weighted by atomic mass is 10.5. The molecular formula is C10H18N2O2S2. The van der Waals surface area contributed by atoms with E-state index in [0.29, 0.717) is 10.9 Å². The average molecular weight is 262 g/mol. The maximum atomic E-state index is 11.4. The number of allylic oxidation sites excluding steroid dienone is 1. The van der Waals surface area contributed by atoms with E-state index in [1.54, 1.807) is 32.1 Å². The van der Waals surface area contributed by atoms with Crippen LogP contribution in [0.25, 0.3) is 0 Å². The van der Waals surface area contributed by atoms with Gasteiger partial charge in [-0.3, -0.25) is 9.80 Å². The summed E-state index contributed by atoms with van der Waals surface area (Å²) in [6.07, 6.45) is 3.66. The number of carbonyl (C=O) groups excluding carboxylic acids is 1. The van der Waals surface area contributed by atoms with Gasteiger partial charge >= 0.3 is 5.97 Å². The van der Waals surface area contributed by atoms with Gasteiger partial charge in [-0.1, -0.05) is 30.1 Å². The molecule has 0 bridgehead atoms. The number of nitrogens with one attached hydrogen (secondary N) is 1. The minimum atomic E-state index is -0.298. The molecule has 0 aliphatic rings. The third kappa shape index (κ3) is 5.48. The minimum absolute atomic E-state index is 0.244. The van der Waals surface area contributed by atoms with Crippen LogP contribution in [0.5, 0.6) is 0 Å². The zero-order valence-electron chi connectivity index (χ0n) is 10.0. The molecule has 1 N–H and O–H groups in total. The fraction of sp³-hybridized carbons (Fsp3) is 0.600. The van der Waals surface area contributed by atoms with Crippen LogP contribution in [0.15, 0.2) is 12.3 Å². The Morgan fingerprint density at radius 2 is 2.31 bits per heavy atom. The van der Waals surface area contributed by atoms with Crippen LogP contribution < -0.4 is 5.43 Å². The van der Waals surface area contributed by atoms with E-state index in [2.05, 4.69) is 5.43 Å². The molecule has 0 saturated heterocycles. The van der Waals surface area contributed by atoms with Gasteiger partial charge < -0.3 is 4.74 Å². The van der Waals surface area contributed by atoms with Gasteiger partial charge in [-0.05, 0) is 20.8 Å². The molecule has 6 heteroatoms. The third-order valence-corrected chi connectivity index (χ3v) is 3.06. The summed E-state index contributed by atoms with van der Waals surface area (Å²) in [5.74, 6) is -0.244. The second-order valence-electron chi connectivity index (χ2n) is 2.85. The van der Waals surface area contributed by atoms with Gasteiger partial charge in [0.05, 0.1) is 6.61 Å². The number of rotatable bonds is 5. The zero-order valence-corrected chi connectivity index (χ0v) is 11.7. The Balaban J connectivity index is 4.26. The molecule has 0 spiro atoms. The van der Waals surface area contributed by atoms with Gasteiger partial charge in [-0.15, -0.1) is 0 Å². The topological polar surface area (TPSA) is 41.6 Å². The van der Waals surface area contributed by atoms with Crippen LogP contribution in [0.4, 0.5) is 0 Å². The highest BCUT2D eigenvalue weighted by molar-refractivity contribution is 8.23. The van der Waals surface area contributed by atoms with E-state index in [9.17, 15) is 4.79 Å². The molecule has 0 aromatic heterocycles. The maximum Gasteiger partial charge on any atom is 0.319 e. The first-order valence-corrected chi connectivity index (χ1v) is 6.32. The van der Waals surface area contributed by atoms with Gasteiger partial charge in [-0.25, -0.2) is 5.43 Å². The van der Waals surface area contributed by atoms with E-state index >= 15 is 0 Å². The predicted octanol–water partition coefficient (Wildman–Crippen LogP) is 1.93. The second kappa shape index (κ2) is 8.55. The molecule has 0 aromatic rings. The lowest BCUT2D eigenvalue weighted by Gasteiger charge is -2.20. The lowest BCUT2D eigenvalue weighted by Crippen LogP contribution is -2.34. The average Bonchev–Trinajstić information content (AvgIpc) is 2.25. The quantitative estimate of drug-likeness (QED) is 0.464. The minimum Gasteiger partial charge on any atom is -0.465 e. The van der Waals surface area contributed by atoms with E-state index < -0.39 is 0 Å². The van der Waals surface area contributed by atoms with Crippen LogP contribution in [0, 0.1) is 0 Å². The van der Waals surface area contributed by atoms with Gasteiger partial charge in [0.15, 0.2) is 4.32 Å².